The van der Waals surface area contributed by atoms with Gasteiger partial charge in [0.25, 0.3) is 11.8 Å². The minimum atomic E-state index is -1.04. The molecule has 5 aromatic carbocycles. The van der Waals surface area contributed by atoms with Crippen LogP contribution < -0.4 is 10.2 Å². The number of rotatable bonds is 10. The van der Waals surface area contributed by atoms with Crippen LogP contribution >= 0.6 is 11.6 Å². The molecule has 0 spiro atoms. The fourth-order valence-electron chi connectivity index (χ4n) is 6.00. The highest BCUT2D eigenvalue weighted by Crippen LogP contribution is 2.31. The van der Waals surface area contributed by atoms with Crippen molar-refractivity contribution in [2.45, 2.75) is 79.4 Å². The predicted molar refractivity (Wildman–Crippen MR) is 222 cm³/mol. The van der Waals surface area contributed by atoms with Crippen LogP contribution in [0.4, 0.5) is 0 Å². The molecule has 0 saturated heterocycles. The summed E-state index contributed by atoms with van der Waals surface area (Å²) >= 11 is 5.96. The molecule has 9 heteroatoms. The third-order valence-electron chi connectivity index (χ3n) is 8.82. The van der Waals surface area contributed by atoms with Crippen LogP contribution in [0, 0.1) is 31.1 Å². The van der Waals surface area contributed by atoms with E-state index in [-0.39, 0.29) is 17.7 Å². The van der Waals surface area contributed by atoms with E-state index in [2.05, 4.69) is 18.4 Å². The van der Waals surface area contributed by atoms with Gasteiger partial charge in [-0.1, -0.05) is 104 Å². The standard InChI is InChI=1S/C25H22ClNO3.C22H28N2O2/c1-17(2)24(18-11-13-20(26)14-12-18)25(28)30-23(16-27)19-7-6-10-22(15-19)29-21-8-4-3-5-9-21;1-7-17-8-10-18(11-9-17)20(25)23-24(22(4,5)6)21(26)19-13-15(2)12-16(3)14-19/h3-15,17,23-24H,1-2H3;8-14H,7H2,1-6H3,(H,23,25). The van der Waals surface area contributed by atoms with Crippen LogP contribution in [0.2, 0.25) is 5.02 Å². The first-order valence-corrected chi connectivity index (χ1v) is 19.0. The largest absolute Gasteiger partial charge is 0.457 e. The number of carbonyl (C=O) groups excluding carboxylic acids is 3. The molecular weight excluding hydrogens is 722 g/mol. The Morgan fingerprint density at radius 2 is 1.38 bits per heavy atom. The van der Waals surface area contributed by atoms with Crippen molar-refractivity contribution in [3.63, 3.8) is 0 Å². The van der Waals surface area contributed by atoms with E-state index < -0.39 is 23.5 Å². The Labute approximate surface area is 336 Å². The first-order chi connectivity index (χ1) is 26.6. The van der Waals surface area contributed by atoms with Crippen molar-refractivity contribution in [1.29, 1.82) is 5.26 Å². The van der Waals surface area contributed by atoms with Crippen molar-refractivity contribution in [2.24, 2.45) is 5.92 Å². The molecule has 2 unspecified atom stereocenters. The summed E-state index contributed by atoms with van der Waals surface area (Å²) in [4.78, 5) is 38.7. The minimum absolute atomic E-state index is 0.00855. The van der Waals surface area contributed by atoms with Crippen molar-refractivity contribution >= 4 is 29.4 Å². The maximum absolute atomic E-state index is 13.1. The zero-order valence-corrected chi connectivity index (χ0v) is 34.1. The van der Waals surface area contributed by atoms with Gasteiger partial charge in [-0.3, -0.25) is 19.8 Å². The molecule has 0 radical (unpaired) electrons. The molecule has 0 fully saturated rings. The van der Waals surface area contributed by atoms with Gasteiger partial charge in [-0.25, -0.2) is 5.01 Å². The highest BCUT2D eigenvalue weighted by atomic mass is 35.5. The van der Waals surface area contributed by atoms with Gasteiger partial charge in [-0.05, 0) is 119 Å². The van der Waals surface area contributed by atoms with Crippen molar-refractivity contribution < 1.29 is 23.9 Å². The van der Waals surface area contributed by atoms with E-state index in [1.165, 1.54) is 10.6 Å². The number of aryl methyl sites for hydroxylation is 3. The number of hydrazine groups is 1. The Balaban J connectivity index is 0.000000251. The lowest BCUT2D eigenvalue weighted by Gasteiger charge is -2.35. The van der Waals surface area contributed by atoms with Gasteiger partial charge in [0.05, 0.1) is 11.5 Å². The Bertz CT molecular complexity index is 2120. The molecule has 0 aliphatic carbocycles. The Morgan fingerprint density at radius 1 is 0.768 bits per heavy atom. The Morgan fingerprint density at radius 3 is 1.93 bits per heavy atom. The van der Waals surface area contributed by atoms with Crippen LogP contribution in [0.1, 0.15) is 102 Å². The summed E-state index contributed by atoms with van der Waals surface area (Å²) in [5.41, 5.74) is 7.89. The fourth-order valence-corrected chi connectivity index (χ4v) is 6.12. The van der Waals surface area contributed by atoms with Crippen LogP contribution in [0.15, 0.2) is 121 Å². The Kier molecular flexibility index (Phi) is 15.0. The molecule has 0 bridgehead atoms. The highest BCUT2D eigenvalue weighted by molar-refractivity contribution is 6.30. The topological polar surface area (TPSA) is 109 Å². The SMILES string of the molecule is CC(C)C(C(=O)OC(C#N)c1cccc(Oc2ccccc2)c1)c1ccc(Cl)cc1.CCc1ccc(C(=O)NN(C(=O)c2cc(C)cc(C)c2)C(C)(C)C)cc1. The summed E-state index contributed by atoms with van der Waals surface area (Å²) in [5.74, 6) is -0.222. The van der Waals surface area contributed by atoms with Crippen molar-refractivity contribution in [2.75, 3.05) is 0 Å². The first kappa shape index (κ1) is 42.8. The van der Waals surface area contributed by atoms with Gasteiger partial charge in [0.1, 0.15) is 17.6 Å². The van der Waals surface area contributed by atoms with E-state index in [1.807, 2.05) is 121 Å². The molecule has 56 heavy (non-hydrogen) atoms. The van der Waals surface area contributed by atoms with E-state index in [0.717, 1.165) is 23.1 Å². The summed E-state index contributed by atoms with van der Waals surface area (Å²) in [6, 6.07) is 38.7. The number of para-hydroxylation sites is 1. The van der Waals surface area contributed by atoms with E-state index >= 15 is 0 Å². The second-order valence-corrected chi connectivity index (χ2v) is 15.3. The average Bonchev–Trinajstić information content (AvgIpc) is 3.16. The molecule has 0 saturated carbocycles. The van der Waals surface area contributed by atoms with E-state index in [1.54, 1.807) is 48.5 Å². The lowest BCUT2D eigenvalue weighted by Crippen LogP contribution is -2.55. The number of benzene rings is 5. The number of esters is 1. The molecule has 2 atom stereocenters. The molecule has 2 amide bonds. The predicted octanol–water partition coefficient (Wildman–Crippen LogP) is 11.1. The van der Waals surface area contributed by atoms with Gasteiger partial charge in [0.15, 0.2) is 0 Å². The number of nitrogens with zero attached hydrogens (tertiary/aromatic N) is 2. The molecule has 0 aliphatic heterocycles. The molecule has 0 aromatic heterocycles. The van der Waals surface area contributed by atoms with Gasteiger partial charge >= 0.3 is 5.97 Å². The number of halogens is 1. The zero-order valence-electron chi connectivity index (χ0n) is 33.3. The van der Waals surface area contributed by atoms with E-state index in [9.17, 15) is 19.6 Å². The van der Waals surface area contributed by atoms with Gasteiger partial charge in [0.2, 0.25) is 6.10 Å². The molecule has 8 nitrogen and oxygen atoms in total. The maximum atomic E-state index is 13.1. The van der Waals surface area contributed by atoms with Gasteiger partial charge in [-0.2, -0.15) is 5.26 Å². The second-order valence-electron chi connectivity index (χ2n) is 14.9. The van der Waals surface area contributed by atoms with Crippen LogP contribution in [-0.2, 0) is 16.0 Å². The average molecular weight is 772 g/mol. The number of hydrogen-bond donors (Lipinski definition) is 1. The number of ether oxygens (including phenoxy) is 2. The summed E-state index contributed by atoms with van der Waals surface area (Å²) in [5, 5.41) is 11.7. The van der Waals surface area contributed by atoms with Crippen molar-refractivity contribution in [1.82, 2.24) is 10.4 Å². The number of hydrogen-bond acceptors (Lipinski definition) is 6. The smallest absolute Gasteiger partial charge is 0.315 e. The molecule has 0 aliphatic rings. The molecule has 290 valence electrons. The molecule has 5 rings (SSSR count). The van der Waals surface area contributed by atoms with Crippen molar-refractivity contribution in [3.05, 3.63) is 165 Å². The number of nitrogens with one attached hydrogen (secondary N) is 1. The number of amides is 2. The van der Waals surface area contributed by atoms with Gasteiger partial charge in [-0.15, -0.1) is 0 Å². The van der Waals surface area contributed by atoms with Crippen LogP contribution in [0.25, 0.3) is 0 Å². The van der Waals surface area contributed by atoms with Crippen LogP contribution in [0.5, 0.6) is 11.5 Å². The summed E-state index contributed by atoms with van der Waals surface area (Å²) in [6.07, 6.45) is -0.119. The summed E-state index contributed by atoms with van der Waals surface area (Å²) in [7, 11) is 0. The van der Waals surface area contributed by atoms with Gasteiger partial charge < -0.3 is 9.47 Å². The van der Waals surface area contributed by atoms with E-state index in [4.69, 9.17) is 21.1 Å². The minimum Gasteiger partial charge on any atom is -0.457 e. The van der Waals surface area contributed by atoms with Crippen LogP contribution in [-0.4, -0.2) is 28.3 Å². The van der Waals surface area contributed by atoms with E-state index in [0.29, 0.717) is 33.2 Å². The molecular formula is C47H50ClN3O5. The highest BCUT2D eigenvalue weighted by Gasteiger charge is 2.31. The lowest BCUT2D eigenvalue weighted by atomic mass is 9.88. The second kappa shape index (κ2) is 19.6. The quantitative estimate of drug-likeness (QED) is 0.112. The fraction of sp³-hybridized carbons (Fsp3) is 0.277. The summed E-state index contributed by atoms with van der Waals surface area (Å²) in [6.45, 7) is 15.6. The number of carbonyl (C=O) groups is 3. The third-order valence-corrected chi connectivity index (χ3v) is 9.07. The first-order valence-electron chi connectivity index (χ1n) is 18.6. The third kappa shape index (κ3) is 12.0. The molecule has 5 aromatic rings. The van der Waals surface area contributed by atoms with Crippen LogP contribution in [0.3, 0.4) is 0 Å². The normalized spacial score (nSPS) is 11.9. The summed E-state index contributed by atoms with van der Waals surface area (Å²) < 4.78 is 11.4. The Hall–Kier alpha value is -5.91. The van der Waals surface area contributed by atoms with Gasteiger partial charge in [0, 0.05) is 21.7 Å². The molecule has 1 N–H and O–H groups in total. The maximum Gasteiger partial charge on any atom is 0.315 e. The molecule has 0 heterocycles. The number of nitriles is 1. The lowest BCUT2D eigenvalue weighted by molar-refractivity contribution is -0.150. The zero-order chi connectivity index (χ0) is 41.0. The van der Waals surface area contributed by atoms with Crippen molar-refractivity contribution in [3.8, 4) is 17.6 Å². The monoisotopic (exact) mass is 771 g/mol.